The molecule has 0 aromatic heterocycles. The number of nitrogens with one attached hydrogen (secondary N) is 1. The van der Waals surface area contributed by atoms with E-state index in [9.17, 15) is 5.11 Å². The average Bonchev–Trinajstić information content (AvgIpc) is 2.40. The number of para-hydroxylation sites is 1. The molecular weight excluding hydrogens is 281 g/mol. The minimum absolute atomic E-state index is 0.140. The first kappa shape index (κ1) is 13.9. The molecule has 0 aliphatic heterocycles. The van der Waals surface area contributed by atoms with Gasteiger partial charge in [-0.3, -0.25) is 0 Å². The number of phenolic OH excluding ortho intramolecular Hbond substituents is 1. The van der Waals surface area contributed by atoms with E-state index < -0.39 is 0 Å². The zero-order chi connectivity index (χ0) is 13.8. The molecule has 2 rings (SSSR count). The molecule has 4 heteroatoms. The van der Waals surface area contributed by atoms with Gasteiger partial charge in [0.1, 0.15) is 5.75 Å². The summed E-state index contributed by atoms with van der Waals surface area (Å²) < 4.78 is 0. The molecule has 2 aromatic carbocycles. The zero-order valence-electron chi connectivity index (χ0n) is 10.2. The summed E-state index contributed by atoms with van der Waals surface area (Å²) in [4.78, 5) is 0. The number of hydrogen-bond donors (Lipinski definition) is 2. The van der Waals surface area contributed by atoms with Crippen molar-refractivity contribution in [3.8, 4) is 5.75 Å². The number of benzene rings is 2. The van der Waals surface area contributed by atoms with Gasteiger partial charge in [0.2, 0.25) is 0 Å². The third kappa shape index (κ3) is 3.49. The Labute approximate surface area is 122 Å². The van der Waals surface area contributed by atoms with Crippen LogP contribution >= 0.6 is 23.2 Å². The molecule has 2 N–H and O–H groups in total. The SMILES string of the molecule is N=C(CCc1ccc(Cl)c(Cl)c1)c1ccccc1O. The Morgan fingerprint density at radius 1 is 1.05 bits per heavy atom. The molecule has 19 heavy (non-hydrogen) atoms. The van der Waals surface area contributed by atoms with Gasteiger partial charge in [0.15, 0.2) is 0 Å². The van der Waals surface area contributed by atoms with Crippen molar-refractivity contribution in [3.63, 3.8) is 0 Å². The average molecular weight is 294 g/mol. The van der Waals surface area contributed by atoms with Gasteiger partial charge in [-0.05, 0) is 42.7 Å². The second kappa shape index (κ2) is 6.09. The first-order chi connectivity index (χ1) is 9.08. The molecule has 0 unspecified atom stereocenters. The molecular formula is C15H13Cl2NO. The van der Waals surface area contributed by atoms with E-state index in [0.29, 0.717) is 34.2 Å². The van der Waals surface area contributed by atoms with Gasteiger partial charge in [0.25, 0.3) is 0 Å². The standard InChI is InChI=1S/C15H13Cl2NO/c16-12-7-5-10(9-13(12)17)6-8-14(18)11-3-1-2-4-15(11)19/h1-5,7,9,18-19H,6,8H2. The van der Waals surface area contributed by atoms with E-state index >= 15 is 0 Å². The fourth-order valence-corrected chi connectivity index (χ4v) is 2.15. The monoisotopic (exact) mass is 293 g/mol. The maximum Gasteiger partial charge on any atom is 0.124 e. The van der Waals surface area contributed by atoms with Gasteiger partial charge in [0.05, 0.1) is 10.0 Å². The predicted molar refractivity (Wildman–Crippen MR) is 79.7 cm³/mol. The van der Waals surface area contributed by atoms with Crippen molar-refractivity contribution in [1.29, 1.82) is 5.41 Å². The lowest BCUT2D eigenvalue weighted by molar-refractivity contribution is 0.474. The van der Waals surface area contributed by atoms with Gasteiger partial charge in [0, 0.05) is 11.3 Å². The first-order valence-electron chi connectivity index (χ1n) is 5.87. The summed E-state index contributed by atoms with van der Waals surface area (Å²) in [6, 6.07) is 12.3. The molecule has 2 aromatic rings. The predicted octanol–water partition coefficient (Wildman–Crippen LogP) is 4.70. The van der Waals surface area contributed by atoms with Crippen molar-refractivity contribution >= 4 is 28.9 Å². The topological polar surface area (TPSA) is 44.1 Å². The lowest BCUT2D eigenvalue weighted by Crippen LogP contribution is -2.01. The van der Waals surface area contributed by atoms with Crippen LogP contribution in [0.25, 0.3) is 0 Å². The minimum Gasteiger partial charge on any atom is -0.507 e. The Morgan fingerprint density at radius 3 is 2.47 bits per heavy atom. The maximum absolute atomic E-state index is 9.68. The summed E-state index contributed by atoms with van der Waals surface area (Å²) in [5, 5.41) is 18.7. The normalized spacial score (nSPS) is 10.4. The quantitative estimate of drug-likeness (QED) is 0.789. The first-order valence-corrected chi connectivity index (χ1v) is 6.63. The van der Waals surface area contributed by atoms with Crippen molar-refractivity contribution in [2.75, 3.05) is 0 Å². The van der Waals surface area contributed by atoms with Crippen LogP contribution in [0.1, 0.15) is 17.5 Å². The van der Waals surface area contributed by atoms with Crippen LogP contribution in [0, 0.1) is 5.41 Å². The lowest BCUT2D eigenvalue weighted by Gasteiger charge is -2.07. The van der Waals surface area contributed by atoms with Crippen LogP contribution in [0.5, 0.6) is 5.75 Å². The van der Waals surface area contributed by atoms with Crippen molar-refractivity contribution in [2.45, 2.75) is 12.8 Å². The molecule has 0 heterocycles. The Morgan fingerprint density at radius 2 is 1.79 bits per heavy atom. The summed E-state index contributed by atoms with van der Waals surface area (Å²) >= 11 is 11.8. The van der Waals surface area contributed by atoms with Crippen LogP contribution in [-0.2, 0) is 6.42 Å². The van der Waals surface area contributed by atoms with E-state index in [-0.39, 0.29) is 5.75 Å². The van der Waals surface area contributed by atoms with E-state index in [0.717, 1.165) is 5.56 Å². The smallest absolute Gasteiger partial charge is 0.124 e. The summed E-state index contributed by atoms with van der Waals surface area (Å²) in [5.74, 6) is 0.140. The third-order valence-corrected chi connectivity index (χ3v) is 3.62. The van der Waals surface area contributed by atoms with Gasteiger partial charge in [-0.25, -0.2) is 0 Å². The summed E-state index contributed by atoms with van der Waals surface area (Å²) in [7, 11) is 0. The summed E-state index contributed by atoms with van der Waals surface area (Å²) in [5.41, 5.74) is 2.00. The fraction of sp³-hybridized carbons (Fsp3) is 0.133. The van der Waals surface area contributed by atoms with Gasteiger partial charge < -0.3 is 10.5 Å². The van der Waals surface area contributed by atoms with E-state index in [1.807, 2.05) is 18.2 Å². The molecule has 0 aliphatic carbocycles. The van der Waals surface area contributed by atoms with E-state index in [1.165, 1.54) is 0 Å². The van der Waals surface area contributed by atoms with Crippen LogP contribution in [0.4, 0.5) is 0 Å². The zero-order valence-corrected chi connectivity index (χ0v) is 11.7. The van der Waals surface area contributed by atoms with Gasteiger partial charge in [-0.15, -0.1) is 0 Å². The minimum atomic E-state index is 0.140. The number of halogens is 2. The Bertz CT molecular complexity index is 611. The highest BCUT2D eigenvalue weighted by atomic mass is 35.5. The van der Waals surface area contributed by atoms with Crippen LogP contribution in [0.15, 0.2) is 42.5 Å². The van der Waals surface area contributed by atoms with Crippen LogP contribution in [-0.4, -0.2) is 10.8 Å². The third-order valence-electron chi connectivity index (χ3n) is 2.88. The number of phenols is 1. The lowest BCUT2D eigenvalue weighted by atomic mass is 10.0. The molecule has 0 spiro atoms. The molecule has 98 valence electrons. The molecule has 2 nitrogen and oxygen atoms in total. The second-order valence-corrected chi connectivity index (χ2v) is 5.06. The molecule has 0 saturated carbocycles. The van der Waals surface area contributed by atoms with Crippen LogP contribution in [0.2, 0.25) is 10.0 Å². The Hall–Kier alpha value is -1.51. The molecule has 0 saturated heterocycles. The number of aromatic hydroxyl groups is 1. The van der Waals surface area contributed by atoms with Crippen molar-refractivity contribution in [2.24, 2.45) is 0 Å². The van der Waals surface area contributed by atoms with Crippen molar-refractivity contribution in [1.82, 2.24) is 0 Å². The van der Waals surface area contributed by atoms with Crippen molar-refractivity contribution < 1.29 is 5.11 Å². The number of rotatable bonds is 4. The Kier molecular flexibility index (Phi) is 4.46. The van der Waals surface area contributed by atoms with E-state index in [1.54, 1.807) is 24.3 Å². The molecule has 0 amide bonds. The molecule has 0 atom stereocenters. The van der Waals surface area contributed by atoms with Crippen molar-refractivity contribution in [3.05, 3.63) is 63.6 Å². The van der Waals surface area contributed by atoms with Crippen LogP contribution in [0.3, 0.4) is 0 Å². The molecule has 0 radical (unpaired) electrons. The molecule has 0 aliphatic rings. The Balaban J connectivity index is 2.04. The largest absolute Gasteiger partial charge is 0.507 e. The highest BCUT2D eigenvalue weighted by Crippen LogP contribution is 2.24. The maximum atomic E-state index is 9.68. The van der Waals surface area contributed by atoms with Gasteiger partial charge in [-0.2, -0.15) is 0 Å². The highest BCUT2D eigenvalue weighted by Gasteiger charge is 2.07. The number of aryl methyl sites for hydroxylation is 1. The summed E-state index contributed by atoms with van der Waals surface area (Å²) in [6.07, 6.45) is 1.22. The fourth-order valence-electron chi connectivity index (χ4n) is 1.83. The summed E-state index contributed by atoms with van der Waals surface area (Å²) in [6.45, 7) is 0. The van der Waals surface area contributed by atoms with Gasteiger partial charge >= 0.3 is 0 Å². The molecule has 0 fully saturated rings. The second-order valence-electron chi connectivity index (χ2n) is 4.24. The van der Waals surface area contributed by atoms with E-state index in [4.69, 9.17) is 28.6 Å². The van der Waals surface area contributed by atoms with E-state index in [2.05, 4.69) is 0 Å². The molecule has 0 bridgehead atoms. The van der Waals surface area contributed by atoms with Crippen LogP contribution < -0.4 is 0 Å². The number of hydrogen-bond acceptors (Lipinski definition) is 2. The van der Waals surface area contributed by atoms with Gasteiger partial charge in [-0.1, -0.05) is 41.4 Å². The highest BCUT2D eigenvalue weighted by molar-refractivity contribution is 6.42.